The van der Waals surface area contributed by atoms with Crippen molar-refractivity contribution < 1.29 is 0 Å². The molecule has 0 bridgehead atoms. The molecule has 0 amide bonds. The molecule has 0 aliphatic heterocycles. The fraction of sp³-hybridized carbons (Fsp3) is 0.765. The van der Waals surface area contributed by atoms with Crippen molar-refractivity contribution in [3.63, 3.8) is 0 Å². The van der Waals surface area contributed by atoms with Gasteiger partial charge >= 0.3 is 119 Å². The molecule has 0 saturated carbocycles. The second kappa shape index (κ2) is 9.23. The Kier molecular flexibility index (Phi) is 8.37. The summed E-state index contributed by atoms with van der Waals surface area (Å²) in [6.45, 7) is 7.07. The van der Waals surface area contributed by atoms with Gasteiger partial charge in [0.1, 0.15) is 0 Å². The van der Waals surface area contributed by atoms with Crippen LogP contribution in [0, 0.1) is 0 Å². The molecule has 0 aromatic carbocycles. The third kappa shape index (κ3) is 4.75. The molecule has 18 heavy (non-hydrogen) atoms. The van der Waals surface area contributed by atoms with Crippen LogP contribution < -0.4 is 0 Å². The molecule has 0 spiro atoms. The molecule has 0 aromatic heterocycles. The summed E-state index contributed by atoms with van der Waals surface area (Å²) in [5.41, 5.74) is 0. The van der Waals surface area contributed by atoms with E-state index in [2.05, 4.69) is 45.1 Å². The first-order valence-electron chi connectivity index (χ1n) is 8.14. The third-order valence-electron chi connectivity index (χ3n) is 4.54. The molecule has 0 fully saturated rings. The Labute approximate surface area is 119 Å². The SMILES string of the molecule is CCC[CH2][Sn]([CH2]CCC)([CH2]CCC)[CH]1C=CC=C1. The van der Waals surface area contributed by atoms with Crippen LogP contribution >= 0.6 is 0 Å². The first-order chi connectivity index (χ1) is 8.79. The molecular weight excluding hydrogens is 323 g/mol. The molecule has 0 aromatic rings. The van der Waals surface area contributed by atoms with Gasteiger partial charge in [-0.05, 0) is 0 Å². The summed E-state index contributed by atoms with van der Waals surface area (Å²) < 4.78 is 5.81. The zero-order valence-corrected chi connectivity index (χ0v) is 15.6. The predicted octanol–water partition coefficient (Wildman–Crippen LogP) is 6.33. The normalized spacial score (nSPS) is 15.7. The van der Waals surface area contributed by atoms with Crippen LogP contribution in [0.4, 0.5) is 0 Å². The maximum absolute atomic E-state index is 2.54. The molecule has 1 aliphatic carbocycles. The Morgan fingerprint density at radius 3 is 1.44 bits per heavy atom. The van der Waals surface area contributed by atoms with Gasteiger partial charge in [0.15, 0.2) is 0 Å². The van der Waals surface area contributed by atoms with Crippen molar-refractivity contribution >= 4 is 18.4 Å². The van der Waals surface area contributed by atoms with E-state index < -0.39 is 18.4 Å². The second-order valence-corrected chi connectivity index (χ2v) is 19.9. The average Bonchev–Trinajstić information content (AvgIpc) is 2.93. The molecule has 0 saturated heterocycles. The van der Waals surface area contributed by atoms with Crippen molar-refractivity contribution in [2.24, 2.45) is 0 Å². The Balaban J connectivity index is 2.76. The van der Waals surface area contributed by atoms with Gasteiger partial charge in [-0.15, -0.1) is 0 Å². The molecule has 1 aliphatic rings. The Hall–Kier alpha value is 0.279. The summed E-state index contributed by atoms with van der Waals surface area (Å²) in [5, 5.41) is 0. The van der Waals surface area contributed by atoms with E-state index >= 15 is 0 Å². The minimum absolute atomic E-state index is 0.920. The monoisotopic (exact) mass is 356 g/mol. The minimum atomic E-state index is -1.95. The van der Waals surface area contributed by atoms with Crippen LogP contribution in [0.25, 0.3) is 0 Å². The average molecular weight is 355 g/mol. The molecule has 1 rings (SSSR count). The molecule has 0 radical (unpaired) electrons. The fourth-order valence-electron chi connectivity index (χ4n) is 3.30. The van der Waals surface area contributed by atoms with Crippen LogP contribution in [-0.4, -0.2) is 18.4 Å². The van der Waals surface area contributed by atoms with E-state index in [9.17, 15) is 0 Å². The van der Waals surface area contributed by atoms with Crippen molar-refractivity contribution in [3.8, 4) is 0 Å². The zero-order chi connectivity index (χ0) is 13.3. The van der Waals surface area contributed by atoms with Crippen molar-refractivity contribution in [1.82, 2.24) is 0 Å². The Morgan fingerprint density at radius 2 is 1.11 bits per heavy atom. The van der Waals surface area contributed by atoms with Gasteiger partial charge in [0.25, 0.3) is 0 Å². The van der Waals surface area contributed by atoms with Gasteiger partial charge in [-0.25, -0.2) is 0 Å². The summed E-state index contributed by atoms with van der Waals surface area (Å²) in [6, 6.07) is 0. The number of allylic oxidation sites excluding steroid dienone is 4. The van der Waals surface area contributed by atoms with E-state index in [0.717, 1.165) is 3.93 Å². The number of rotatable bonds is 10. The van der Waals surface area contributed by atoms with Gasteiger partial charge in [-0.2, -0.15) is 0 Å². The van der Waals surface area contributed by atoms with E-state index in [-0.39, 0.29) is 0 Å². The number of unbranched alkanes of at least 4 members (excludes halogenated alkanes) is 3. The van der Waals surface area contributed by atoms with Gasteiger partial charge in [-0.3, -0.25) is 0 Å². The van der Waals surface area contributed by atoms with Gasteiger partial charge in [-0.1, -0.05) is 0 Å². The molecule has 0 nitrogen and oxygen atoms in total. The van der Waals surface area contributed by atoms with Crippen LogP contribution in [0.2, 0.25) is 17.2 Å². The van der Waals surface area contributed by atoms with E-state index in [1.54, 1.807) is 13.3 Å². The van der Waals surface area contributed by atoms with E-state index in [4.69, 9.17) is 0 Å². The first kappa shape index (κ1) is 16.3. The Morgan fingerprint density at radius 1 is 0.722 bits per heavy atom. The summed E-state index contributed by atoms with van der Waals surface area (Å²) >= 11 is -1.95. The zero-order valence-electron chi connectivity index (χ0n) is 12.8. The summed E-state index contributed by atoms with van der Waals surface area (Å²) in [7, 11) is 0. The quantitative estimate of drug-likeness (QED) is 0.402. The van der Waals surface area contributed by atoms with Gasteiger partial charge < -0.3 is 0 Å². The summed E-state index contributed by atoms with van der Waals surface area (Å²) in [5.74, 6) is 0. The van der Waals surface area contributed by atoms with Gasteiger partial charge in [0.05, 0.1) is 0 Å². The standard InChI is InChI=1S/C5H5.3C4H9.Sn/c1-2-4-5-3-1;3*1-3-4-2;/h1-5H;3*1,3-4H2,2H3;. The summed E-state index contributed by atoms with van der Waals surface area (Å²) in [6.07, 6.45) is 18.3. The van der Waals surface area contributed by atoms with E-state index in [1.165, 1.54) is 38.5 Å². The third-order valence-corrected chi connectivity index (χ3v) is 21.2. The van der Waals surface area contributed by atoms with E-state index in [0.29, 0.717) is 0 Å². The Bertz CT molecular complexity index is 231. The molecule has 0 N–H and O–H groups in total. The van der Waals surface area contributed by atoms with Gasteiger partial charge in [0, 0.05) is 0 Å². The topological polar surface area (TPSA) is 0 Å². The molecule has 0 unspecified atom stereocenters. The molecular formula is C17H32Sn. The van der Waals surface area contributed by atoms with Crippen LogP contribution in [0.1, 0.15) is 59.3 Å². The van der Waals surface area contributed by atoms with Crippen molar-refractivity contribution in [3.05, 3.63) is 24.3 Å². The first-order valence-corrected chi connectivity index (χ1v) is 15.8. The molecule has 0 heterocycles. The molecule has 1 heteroatoms. The molecule has 104 valence electrons. The van der Waals surface area contributed by atoms with Crippen LogP contribution in [0.3, 0.4) is 0 Å². The summed E-state index contributed by atoms with van der Waals surface area (Å²) in [4.78, 5) is 0. The van der Waals surface area contributed by atoms with E-state index in [1.807, 2.05) is 0 Å². The predicted molar refractivity (Wildman–Crippen MR) is 86.9 cm³/mol. The maximum atomic E-state index is 2.54. The van der Waals surface area contributed by atoms with Crippen LogP contribution in [0.5, 0.6) is 0 Å². The number of hydrogen-bond acceptors (Lipinski definition) is 0. The van der Waals surface area contributed by atoms with Crippen molar-refractivity contribution in [2.45, 2.75) is 76.5 Å². The van der Waals surface area contributed by atoms with Crippen molar-refractivity contribution in [2.75, 3.05) is 0 Å². The van der Waals surface area contributed by atoms with Crippen LogP contribution in [-0.2, 0) is 0 Å². The van der Waals surface area contributed by atoms with Crippen molar-refractivity contribution in [1.29, 1.82) is 0 Å². The second-order valence-electron chi connectivity index (χ2n) is 5.97. The van der Waals surface area contributed by atoms with Crippen LogP contribution in [0.15, 0.2) is 24.3 Å². The van der Waals surface area contributed by atoms with Gasteiger partial charge in [0.2, 0.25) is 0 Å². The number of hydrogen-bond donors (Lipinski definition) is 0. The fourth-order valence-corrected chi connectivity index (χ4v) is 20.3. The molecule has 0 atom stereocenters.